The first-order valence-corrected chi connectivity index (χ1v) is 12.5. The quantitative estimate of drug-likeness (QED) is 0.490. The number of nitrogens with one attached hydrogen (secondary N) is 1. The second-order valence-electron chi connectivity index (χ2n) is 9.85. The molecule has 0 aliphatic heterocycles. The molecule has 1 fully saturated rings. The van der Waals surface area contributed by atoms with Gasteiger partial charge in [-0.05, 0) is 48.4 Å². The number of benzene rings is 2. The van der Waals surface area contributed by atoms with Crippen LogP contribution in [0.3, 0.4) is 0 Å². The third kappa shape index (κ3) is 6.02. The van der Waals surface area contributed by atoms with Crippen molar-refractivity contribution < 1.29 is 24.2 Å². The van der Waals surface area contributed by atoms with Crippen molar-refractivity contribution in [3.63, 3.8) is 0 Å². The van der Waals surface area contributed by atoms with Gasteiger partial charge in [0.25, 0.3) is 0 Å². The van der Waals surface area contributed by atoms with Crippen LogP contribution in [0.4, 0.5) is 4.79 Å². The third-order valence-corrected chi connectivity index (χ3v) is 6.97. The van der Waals surface area contributed by atoms with Crippen LogP contribution in [0, 0.1) is 11.8 Å². The van der Waals surface area contributed by atoms with Crippen LogP contribution in [0.1, 0.15) is 56.6 Å². The van der Waals surface area contributed by atoms with Crippen molar-refractivity contribution in [3.8, 4) is 11.1 Å². The highest BCUT2D eigenvalue weighted by Gasteiger charge is 2.33. The molecule has 2 N–H and O–H groups in total. The van der Waals surface area contributed by atoms with Crippen LogP contribution in [0.5, 0.6) is 0 Å². The van der Waals surface area contributed by atoms with Crippen molar-refractivity contribution in [1.82, 2.24) is 10.2 Å². The summed E-state index contributed by atoms with van der Waals surface area (Å²) in [5.74, 6) is -0.962. The smallest absolute Gasteiger partial charge is 0.407 e. The molecule has 0 saturated heterocycles. The molecule has 0 radical (unpaired) electrons. The van der Waals surface area contributed by atoms with Crippen LogP contribution < -0.4 is 5.32 Å². The summed E-state index contributed by atoms with van der Waals surface area (Å²) >= 11 is 0. The van der Waals surface area contributed by atoms with Crippen LogP contribution in [-0.4, -0.2) is 53.7 Å². The van der Waals surface area contributed by atoms with Crippen LogP contribution in [0.25, 0.3) is 11.1 Å². The molecule has 1 saturated carbocycles. The lowest BCUT2D eigenvalue weighted by Gasteiger charge is -2.30. The third-order valence-electron chi connectivity index (χ3n) is 6.97. The maximum Gasteiger partial charge on any atom is 0.407 e. The molecule has 7 heteroatoms. The van der Waals surface area contributed by atoms with E-state index in [1.807, 2.05) is 38.1 Å². The van der Waals surface area contributed by atoms with E-state index in [2.05, 4.69) is 29.6 Å². The zero-order valence-electron chi connectivity index (χ0n) is 20.4. The number of nitrogens with zero attached hydrogens (tertiary/aromatic N) is 1. The van der Waals surface area contributed by atoms with Gasteiger partial charge in [-0.25, -0.2) is 4.79 Å². The molecule has 0 spiro atoms. The summed E-state index contributed by atoms with van der Waals surface area (Å²) in [4.78, 5) is 38.5. The van der Waals surface area contributed by atoms with Gasteiger partial charge in [0.1, 0.15) is 6.61 Å². The van der Waals surface area contributed by atoms with E-state index >= 15 is 0 Å². The van der Waals surface area contributed by atoms with E-state index in [1.165, 1.54) is 11.1 Å². The van der Waals surface area contributed by atoms with Gasteiger partial charge in [-0.15, -0.1) is 0 Å². The zero-order chi connectivity index (χ0) is 24.9. The molecular formula is C28H34N2O5. The molecular weight excluding hydrogens is 444 g/mol. The Morgan fingerprint density at radius 3 is 2.17 bits per heavy atom. The average Bonchev–Trinajstić information content (AvgIpc) is 3.60. The summed E-state index contributed by atoms with van der Waals surface area (Å²) in [6, 6.07) is 16.2. The monoisotopic (exact) mass is 478 g/mol. The predicted molar refractivity (Wildman–Crippen MR) is 133 cm³/mol. The number of amides is 2. The maximum atomic E-state index is 13.3. The Hall–Kier alpha value is -3.35. The minimum absolute atomic E-state index is 0.0236. The van der Waals surface area contributed by atoms with Gasteiger partial charge in [-0.1, -0.05) is 61.4 Å². The Kier molecular flexibility index (Phi) is 7.73. The number of aliphatic carboxylic acids is 1. The molecule has 1 atom stereocenters. The summed E-state index contributed by atoms with van der Waals surface area (Å²) in [6.45, 7) is 4.33. The topological polar surface area (TPSA) is 95.9 Å². The summed E-state index contributed by atoms with van der Waals surface area (Å²) in [5.41, 5.74) is 4.63. The zero-order valence-corrected chi connectivity index (χ0v) is 20.4. The van der Waals surface area contributed by atoms with E-state index in [1.54, 1.807) is 4.90 Å². The van der Waals surface area contributed by atoms with Crippen LogP contribution in [-0.2, 0) is 14.3 Å². The molecule has 186 valence electrons. The van der Waals surface area contributed by atoms with E-state index in [9.17, 15) is 14.4 Å². The second-order valence-corrected chi connectivity index (χ2v) is 9.85. The van der Waals surface area contributed by atoms with Gasteiger partial charge in [0.05, 0.1) is 12.3 Å². The molecule has 2 aromatic carbocycles. The van der Waals surface area contributed by atoms with Crippen molar-refractivity contribution in [3.05, 3.63) is 59.7 Å². The number of hydrogen-bond acceptors (Lipinski definition) is 4. The van der Waals surface area contributed by atoms with Crippen molar-refractivity contribution in [2.24, 2.45) is 11.8 Å². The molecule has 2 aliphatic rings. The lowest BCUT2D eigenvalue weighted by Crippen LogP contribution is -2.45. The number of carbonyl (C=O) groups excluding carboxylic acids is 2. The minimum Gasteiger partial charge on any atom is -0.481 e. The van der Waals surface area contributed by atoms with E-state index in [0.717, 1.165) is 24.0 Å². The first kappa shape index (κ1) is 24.8. The first-order valence-electron chi connectivity index (χ1n) is 12.5. The molecule has 2 aromatic rings. The van der Waals surface area contributed by atoms with Gasteiger partial charge in [0, 0.05) is 25.0 Å². The average molecular weight is 479 g/mol. The minimum atomic E-state index is -0.932. The second kappa shape index (κ2) is 10.9. The van der Waals surface area contributed by atoms with Gasteiger partial charge in [0.2, 0.25) is 5.91 Å². The first-order chi connectivity index (χ1) is 16.8. The van der Waals surface area contributed by atoms with Gasteiger partial charge in [-0.3, -0.25) is 9.59 Å². The highest BCUT2D eigenvalue weighted by Crippen LogP contribution is 2.44. The van der Waals surface area contributed by atoms with E-state index < -0.39 is 12.1 Å². The number of alkyl carbamates (subject to hydrolysis) is 1. The Morgan fingerprint density at radius 1 is 1.03 bits per heavy atom. The fraction of sp³-hybridized carbons (Fsp3) is 0.464. The summed E-state index contributed by atoms with van der Waals surface area (Å²) in [7, 11) is 0. The van der Waals surface area contributed by atoms with Crippen molar-refractivity contribution in [2.75, 3.05) is 19.7 Å². The van der Waals surface area contributed by atoms with E-state index in [0.29, 0.717) is 12.3 Å². The van der Waals surface area contributed by atoms with E-state index in [-0.39, 0.29) is 49.9 Å². The molecule has 0 bridgehead atoms. The van der Waals surface area contributed by atoms with Gasteiger partial charge in [-0.2, -0.15) is 0 Å². The normalized spacial score (nSPS) is 15.3. The largest absolute Gasteiger partial charge is 0.481 e. The molecule has 0 aromatic heterocycles. The van der Waals surface area contributed by atoms with Crippen molar-refractivity contribution >= 4 is 18.0 Å². The molecule has 4 rings (SSSR count). The molecule has 7 nitrogen and oxygen atoms in total. The number of rotatable bonds is 11. The number of carbonyl (C=O) groups is 3. The molecule has 35 heavy (non-hydrogen) atoms. The van der Waals surface area contributed by atoms with Crippen LogP contribution >= 0.6 is 0 Å². The number of ether oxygens (including phenoxy) is 1. The number of fused-ring (bicyclic) bond motifs is 3. The summed E-state index contributed by atoms with van der Waals surface area (Å²) in [5, 5.41) is 11.9. The van der Waals surface area contributed by atoms with Gasteiger partial charge >= 0.3 is 12.1 Å². The molecule has 2 aliphatic carbocycles. The standard InChI is InChI=1S/C28H34N2O5/c1-18(2)30(14-13-26(31)32)27(33)20(15-19-11-12-19)16-29-28(34)35-17-25-23-9-5-3-7-21(23)22-8-4-6-10-24(22)25/h3-10,18-20,25H,11-17H2,1-2H3,(H,29,34)(H,31,32). The predicted octanol–water partition coefficient (Wildman–Crippen LogP) is 4.65. The van der Waals surface area contributed by atoms with Crippen LogP contribution in [0.2, 0.25) is 0 Å². The summed E-state index contributed by atoms with van der Waals surface area (Å²) in [6.07, 6.45) is 2.23. The maximum absolute atomic E-state index is 13.3. The number of carboxylic acids is 1. The molecule has 1 unspecified atom stereocenters. The summed E-state index contributed by atoms with van der Waals surface area (Å²) < 4.78 is 5.62. The van der Waals surface area contributed by atoms with Crippen molar-refractivity contribution in [2.45, 2.75) is 51.5 Å². The SMILES string of the molecule is CC(C)N(CCC(=O)O)C(=O)C(CNC(=O)OCC1c2ccccc2-c2ccccc21)CC1CC1. The Morgan fingerprint density at radius 2 is 1.63 bits per heavy atom. The lowest BCUT2D eigenvalue weighted by atomic mass is 9.98. The Labute approximate surface area is 206 Å². The number of carboxylic acid groups (broad SMARTS) is 1. The van der Waals surface area contributed by atoms with Gasteiger partial charge in [0.15, 0.2) is 0 Å². The van der Waals surface area contributed by atoms with Crippen LogP contribution in [0.15, 0.2) is 48.5 Å². The van der Waals surface area contributed by atoms with E-state index in [4.69, 9.17) is 9.84 Å². The van der Waals surface area contributed by atoms with Crippen molar-refractivity contribution in [1.29, 1.82) is 0 Å². The highest BCUT2D eigenvalue weighted by molar-refractivity contribution is 5.81. The highest BCUT2D eigenvalue weighted by atomic mass is 16.5. The Bertz CT molecular complexity index is 1030. The molecule has 0 heterocycles. The number of hydrogen-bond donors (Lipinski definition) is 2. The molecule has 2 amide bonds. The lowest BCUT2D eigenvalue weighted by molar-refractivity contribution is -0.140. The Balaban J connectivity index is 1.36. The fourth-order valence-corrected chi connectivity index (χ4v) is 4.96. The van der Waals surface area contributed by atoms with Gasteiger partial charge < -0.3 is 20.1 Å². The fourth-order valence-electron chi connectivity index (χ4n) is 4.96.